The first-order valence-corrected chi connectivity index (χ1v) is 3.56. The standard InChI is InChI=1S/C6H14OP.Fe/c1-5(4-7)3-6(2)8;/h5-8H,3-4H2,1-2H3;. The van der Waals surface area contributed by atoms with E-state index in [1.165, 1.54) is 0 Å². The first-order valence-electron chi connectivity index (χ1n) is 2.98. The van der Waals surface area contributed by atoms with E-state index in [1.54, 1.807) is 0 Å². The monoisotopic (exact) mass is 189 g/mol. The van der Waals surface area contributed by atoms with Gasteiger partial charge in [0.2, 0.25) is 0 Å². The zero-order valence-corrected chi connectivity index (χ0v) is 7.97. The second-order valence-corrected chi connectivity index (χ2v) is 3.41. The van der Waals surface area contributed by atoms with E-state index in [-0.39, 0.29) is 17.1 Å². The summed E-state index contributed by atoms with van der Waals surface area (Å²) >= 11 is 0. The van der Waals surface area contributed by atoms with Crippen LogP contribution in [-0.2, 0) is 17.1 Å². The van der Waals surface area contributed by atoms with Crippen molar-refractivity contribution in [3.63, 3.8) is 0 Å². The van der Waals surface area contributed by atoms with Crippen molar-refractivity contribution >= 4 is 9.24 Å². The molecule has 0 saturated carbocycles. The van der Waals surface area contributed by atoms with Crippen molar-refractivity contribution < 1.29 is 22.2 Å². The topological polar surface area (TPSA) is 20.2 Å². The van der Waals surface area contributed by atoms with E-state index in [0.29, 0.717) is 18.2 Å². The molecule has 0 bridgehead atoms. The molecule has 57 valence electrons. The second kappa shape index (κ2) is 7.02. The number of rotatable bonds is 3. The Balaban J connectivity index is 0. The minimum atomic E-state index is 0. The van der Waals surface area contributed by atoms with Gasteiger partial charge in [0, 0.05) is 23.7 Å². The summed E-state index contributed by atoms with van der Waals surface area (Å²) in [6, 6.07) is 0. The van der Waals surface area contributed by atoms with Crippen LogP contribution < -0.4 is 0 Å². The molecule has 1 N–H and O–H groups in total. The number of aliphatic hydroxyl groups is 1. The summed E-state index contributed by atoms with van der Waals surface area (Å²) < 4.78 is 0. The van der Waals surface area contributed by atoms with Gasteiger partial charge in [-0.3, -0.25) is 0 Å². The summed E-state index contributed by atoms with van der Waals surface area (Å²) in [5.41, 5.74) is 0.525. The predicted octanol–water partition coefficient (Wildman–Crippen LogP) is 1.53. The molecule has 0 heterocycles. The molecule has 0 amide bonds. The van der Waals surface area contributed by atoms with Crippen LogP contribution in [0.1, 0.15) is 20.3 Å². The number of hydrogen-bond acceptors (Lipinski definition) is 1. The minimum absolute atomic E-state index is 0. The fraction of sp³-hybridized carbons (Fsp3) is 1.00. The van der Waals surface area contributed by atoms with Crippen LogP contribution >= 0.6 is 9.24 Å². The summed E-state index contributed by atoms with van der Waals surface area (Å²) in [6.07, 6.45) is 1.05. The Kier molecular flexibility index (Phi) is 9.81. The quantitative estimate of drug-likeness (QED) is 0.527. The van der Waals surface area contributed by atoms with Gasteiger partial charge < -0.3 is 5.11 Å². The van der Waals surface area contributed by atoms with E-state index in [0.717, 1.165) is 6.42 Å². The van der Waals surface area contributed by atoms with Crippen LogP contribution in [0, 0.1) is 5.92 Å². The summed E-state index contributed by atoms with van der Waals surface area (Å²) in [5.74, 6) is 0.433. The molecule has 0 aromatic heterocycles. The fourth-order valence-electron chi connectivity index (χ4n) is 0.678. The Morgan fingerprint density at radius 3 is 2.00 bits per heavy atom. The molecule has 0 aliphatic carbocycles. The third-order valence-electron chi connectivity index (χ3n) is 1.07. The van der Waals surface area contributed by atoms with Gasteiger partial charge in [-0.25, -0.2) is 0 Å². The maximum atomic E-state index is 8.56. The van der Waals surface area contributed by atoms with Gasteiger partial charge in [0.05, 0.1) is 0 Å². The molecule has 3 heteroatoms. The number of aliphatic hydroxyl groups excluding tert-OH is 1. The van der Waals surface area contributed by atoms with Crippen LogP contribution in [0.25, 0.3) is 0 Å². The van der Waals surface area contributed by atoms with Gasteiger partial charge in [0.15, 0.2) is 0 Å². The van der Waals surface area contributed by atoms with Crippen molar-refractivity contribution in [3.05, 3.63) is 0 Å². The minimum Gasteiger partial charge on any atom is -0.396 e. The summed E-state index contributed by atoms with van der Waals surface area (Å²) in [5, 5.41) is 8.56. The van der Waals surface area contributed by atoms with Crippen molar-refractivity contribution in [2.45, 2.75) is 25.9 Å². The summed E-state index contributed by atoms with van der Waals surface area (Å²) in [4.78, 5) is 0. The van der Waals surface area contributed by atoms with Crippen LogP contribution in [-0.4, -0.2) is 17.4 Å². The smallest absolute Gasteiger partial charge is 0.0456 e. The summed E-state index contributed by atoms with van der Waals surface area (Å²) in [7, 11) is 3.45. The van der Waals surface area contributed by atoms with E-state index in [2.05, 4.69) is 16.2 Å². The van der Waals surface area contributed by atoms with Gasteiger partial charge in [-0.1, -0.05) is 23.1 Å². The SMILES string of the molecule is CC([PH])CC(C)CO.[Fe]. The maximum absolute atomic E-state index is 8.56. The summed E-state index contributed by atoms with van der Waals surface area (Å²) in [6.45, 7) is 4.43. The Morgan fingerprint density at radius 1 is 1.44 bits per heavy atom. The van der Waals surface area contributed by atoms with Crippen LogP contribution in [0.3, 0.4) is 0 Å². The molecular weight excluding hydrogens is 175 g/mol. The number of hydrogen-bond donors (Lipinski definition) is 1. The first kappa shape index (κ1) is 12.6. The molecule has 0 aromatic carbocycles. The third kappa shape index (κ3) is 8.91. The molecule has 1 nitrogen and oxygen atoms in total. The maximum Gasteiger partial charge on any atom is 0.0456 e. The second-order valence-electron chi connectivity index (χ2n) is 2.42. The van der Waals surface area contributed by atoms with E-state index in [9.17, 15) is 0 Å². The van der Waals surface area contributed by atoms with Gasteiger partial charge in [-0.2, -0.15) is 0 Å². The van der Waals surface area contributed by atoms with E-state index in [1.807, 2.05) is 6.92 Å². The first-order chi connectivity index (χ1) is 3.66. The zero-order valence-electron chi connectivity index (χ0n) is 5.87. The molecule has 2 atom stereocenters. The average Bonchev–Trinajstić information content (AvgIpc) is 1.65. The van der Waals surface area contributed by atoms with Gasteiger partial charge in [0.25, 0.3) is 0 Å². The van der Waals surface area contributed by atoms with Crippen molar-refractivity contribution in [1.29, 1.82) is 0 Å². The van der Waals surface area contributed by atoms with Gasteiger partial charge >= 0.3 is 0 Å². The Hall–Kier alpha value is 0.909. The molecule has 0 spiro atoms. The van der Waals surface area contributed by atoms with Crippen molar-refractivity contribution in [2.24, 2.45) is 5.92 Å². The van der Waals surface area contributed by atoms with E-state index in [4.69, 9.17) is 5.11 Å². The van der Waals surface area contributed by atoms with Crippen LogP contribution in [0.2, 0.25) is 0 Å². The molecule has 0 saturated heterocycles. The Bertz CT molecular complexity index is 59.0. The van der Waals surface area contributed by atoms with E-state index < -0.39 is 0 Å². The molecule has 0 aliphatic rings. The average molecular weight is 189 g/mol. The largest absolute Gasteiger partial charge is 0.396 e. The van der Waals surface area contributed by atoms with Gasteiger partial charge in [-0.15, -0.1) is 0 Å². The Labute approximate surface area is 70.3 Å². The predicted molar refractivity (Wildman–Crippen MR) is 38.6 cm³/mol. The molecular formula is C6H14FeOP. The van der Waals surface area contributed by atoms with Crippen LogP contribution in [0.4, 0.5) is 0 Å². The molecule has 0 rings (SSSR count). The molecule has 0 aliphatic heterocycles. The fourth-order valence-corrected chi connectivity index (χ4v) is 1.08. The third-order valence-corrected chi connectivity index (χ3v) is 1.30. The molecule has 2 unspecified atom stereocenters. The zero-order chi connectivity index (χ0) is 6.57. The van der Waals surface area contributed by atoms with E-state index >= 15 is 0 Å². The van der Waals surface area contributed by atoms with Crippen molar-refractivity contribution in [1.82, 2.24) is 0 Å². The normalized spacial score (nSPS) is 16.0. The van der Waals surface area contributed by atoms with Gasteiger partial charge in [-0.05, 0) is 18.0 Å². The van der Waals surface area contributed by atoms with Crippen LogP contribution in [0.15, 0.2) is 0 Å². The van der Waals surface area contributed by atoms with Crippen LogP contribution in [0.5, 0.6) is 0 Å². The molecule has 0 aromatic rings. The van der Waals surface area contributed by atoms with Crippen molar-refractivity contribution in [3.8, 4) is 0 Å². The van der Waals surface area contributed by atoms with Gasteiger partial charge in [0.1, 0.15) is 0 Å². The molecule has 1 radical (unpaired) electrons. The van der Waals surface area contributed by atoms with Crippen molar-refractivity contribution in [2.75, 3.05) is 6.61 Å². The Morgan fingerprint density at radius 2 is 1.89 bits per heavy atom. The molecule has 9 heavy (non-hydrogen) atoms. The molecule has 0 fully saturated rings.